The van der Waals surface area contributed by atoms with Crippen molar-refractivity contribution in [2.75, 3.05) is 17.2 Å². The summed E-state index contributed by atoms with van der Waals surface area (Å²) in [5.74, 6) is -3.01. The number of fused-ring (bicyclic) bond motifs is 1. The maximum absolute atomic E-state index is 12.8. The van der Waals surface area contributed by atoms with Crippen LogP contribution in [0.4, 0.5) is 11.4 Å². The van der Waals surface area contributed by atoms with Crippen LogP contribution in [0.2, 0.25) is 0 Å². The molecule has 0 fully saturated rings. The predicted octanol–water partition coefficient (Wildman–Crippen LogP) is 4.19. The van der Waals surface area contributed by atoms with Crippen LogP contribution in [0.1, 0.15) is 30.6 Å². The van der Waals surface area contributed by atoms with Crippen molar-refractivity contribution >= 4 is 45.7 Å². The second-order valence-electron chi connectivity index (χ2n) is 7.23. The third-order valence-electron chi connectivity index (χ3n) is 4.92. The molecular formula is C25H24N2O5. The average Bonchev–Trinajstić information content (AvgIpc) is 2.78. The van der Waals surface area contributed by atoms with Crippen LogP contribution < -0.4 is 10.6 Å². The van der Waals surface area contributed by atoms with Gasteiger partial charge >= 0.3 is 5.97 Å². The summed E-state index contributed by atoms with van der Waals surface area (Å²) in [6.45, 7) is 3.27. The van der Waals surface area contributed by atoms with Crippen molar-refractivity contribution in [2.24, 2.45) is 5.92 Å². The van der Waals surface area contributed by atoms with Gasteiger partial charge in [-0.05, 0) is 49.6 Å². The molecule has 0 heterocycles. The highest BCUT2D eigenvalue weighted by atomic mass is 16.5. The fraction of sp³-hybridized carbons (Fsp3) is 0.200. The van der Waals surface area contributed by atoms with Crippen LogP contribution in [0.25, 0.3) is 10.8 Å². The molecule has 7 nitrogen and oxygen atoms in total. The summed E-state index contributed by atoms with van der Waals surface area (Å²) in [6, 6.07) is 19.2. The molecule has 7 heteroatoms. The van der Waals surface area contributed by atoms with Crippen molar-refractivity contribution in [1.29, 1.82) is 0 Å². The fourth-order valence-electron chi connectivity index (χ4n) is 3.28. The zero-order chi connectivity index (χ0) is 23.1. The lowest BCUT2D eigenvalue weighted by molar-refractivity contribution is -0.133. The second-order valence-corrected chi connectivity index (χ2v) is 7.23. The van der Waals surface area contributed by atoms with Crippen LogP contribution in [-0.2, 0) is 19.1 Å². The molecular weight excluding hydrogens is 408 g/mol. The average molecular weight is 432 g/mol. The van der Waals surface area contributed by atoms with Gasteiger partial charge < -0.3 is 15.4 Å². The van der Waals surface area contributed by atoms with Crippen molar-refractivity contribution in [3.63, 3.8) is 0 Å². The summed E-state index contributed by atoms with van der Waals surface area (Å²) < 4.78 is 4.92. The summed E-state index contributed by atoms with van der Waals surface area (Å²) in [5.41, 5.74) is 1.38. The molecule has 0 aliphatic carbocycles. The number of hydrogen-bond donors (Lipinski definition) is 2. The van der Waals surface area contributed by atoms with Gasteiger partial charge in [-0.2, -0.15) is 0 Å². The third kappa shape index (κ3) is 5.57. The minimum Gasteiger partial charge on any atom is -0.462 e. The lowest BCUT2D eigenvalue weighted by atomic mass is 9.99. The van der Waals surface area contributed by atoms with Gasteiger partial charge in [-0.3, -0.25) is 14.4 Å². The van der Waals surface area contributed by atoms with Crippen LogP contribution in [0.15, 0.2) is 66.7 Å². The topological polar surface area (TPSA) is 102 Å². The Balaban J connectivity index is 1.66. The van der Waals surface area contributed by atoms with E-state index in [0.717, 1.165) is 10.8 Å². The summed E-state index contributed by atoms with van der Waals surface area (Å²) in [4.78, 5) is 49.1. The quantitative estimate of drug-likeness (QED) is 0.411. The standard InChI is InChI=1S/C25H24N2O5/c1-3-32-25(31)18-11-13-19(14-12-18)26-23(29)15-21(16(2)28)24(30)27-22-10-6-8-17-7-4-5-9-20(17)22/h4-14,21H,3,15H2,1-2H3,(H,26,29)(H,27,30). The molecule has 0 radical (unpaired) electrons. The van der Waals surface area contributed by atoms with E-state index in [4.69, 9.17) is 4.74 Å². The molecule has 0 bridgehead atoms. The lowest BCUT2D eigenvalue weighted by Gasteiger charge is -2.15. The molecule has 32 heavy (non-hydrogen) atoms. The Hall–Kier alpha value is -4.00. The normalized spacial score (nSPS) is 11.4. The second kappa shape index (κ2) is 10.3. The van der Waals surface area contributed by atoms with E-state index in [0.29, 0.717) is 16.9 Å². The number of Topliss-reactive ketones (excluding diaryl/α,β-unsaturated/α-hetero) is 1. The molecule has 0 aliphatic heterocycles. The molecule has 0 saturated carbocycles. The summed E-state index contributed by atoms with van der Waals surface area (Å²) in [5, 5.41) is 7.22. The number of esters is 1. The summed E-state index contributed by atoms with van der Waals surface area (Å²) in [7, 11) is 0. The zero-order valence-corrected chi connectivity index (χ0v) is 17.9. The first-order valence-corrected chi connectivity index (χ1v) is 10.2. The summed E-state index contributed by atoms with van der Waals surface area (Å²) in [6.07, 6.45) is -0.300. The molecule has 3 rings (SSSR count). The molecule has 164 valence electrons. The van der Waals surface area contributed by atoms with E-state index < -0.39 is 29.5 Å². The highest BCUT2D eigenvalue weighted by Gasteiger charge is 2.27. The number of amides is 2. The number of rotatable bonds is 8. The number of hydrogen-bond acceptors (Lipinski definition) is 5. The molecule has 1 unspecified atom stereocenters. The van der Waals surface area contributed by atoms with Gasteiger partial charge in [0.15, 0.2) is 0 Å². The van der Waals surface area contributed by atoms with Crippen LogP contribution in [-0.4, -0.2) is 30.2 Å². The van der Waals surface area contributed by atoms with Crippen molar-refractivity contribution in [3.8, 4) is 0 Å². The number of carbonyl (C=O) groups excluding carboxylic acids is 4. The first kappa shape index (κ1) is 22.7. The van der Waals surface area contributed by atoms with Gasteiger partial charge in [-0.1, -0.05) is 36.4 Å². The van der Waals surface area contributed by atoms with Crippen LogP contribution in [0, 0.1) is 5.92 Å². The van der Waals surface area contributed by atoms with E-state index in [-0.39, 0.29) is 13.0 Å². The highest BCUT2D eigenvalue weighted by Crippen LogP contribution is 2.24. The van der Waals surface area contributed by atoms with Gasteiger partial charge in [0.2, 0.25) is 11.8 Å². The molecule has 0 aliphatic rings. The van der Waals surface area contributed by atoms with Gasteiger partial charge in [-0.25, -0.2) is 4.79 Å². The number of benzene rings is 3. The fourth-order valence-corrected chi connectivity index (χ4v) is 3.28. The summed E-state index contributed by atoms with van der Waals surface area (Å²) >= 11 is 0. The predicted molar refractivity (Wildman–Crippen MR) is 122 cm³/mol. The Morgan fingerprint density at radius 1 is 0.875 bits per heavy atom. The number of ether oxygens (including phenoxy) is 1. The Labute approximate surface area is 185 Å². The molecule has 3 aromatic carbocycles. The van der Waals surface area contributed by atoms with E-state index >= 15 is 0 Å². The molecule has 0 saturated heterocycles. The van der Waals surface area contributed by atoms with Crippen LogP contribution in [0.3, 0.4) is 0 Å². The maximum atomic E-state index is 12.8. The van der Waals surface area contributed by atoms with Gasteiger partial charge in [0.05, 0.1) is 12.2 Å². The Kier molecular flexibility index (Phi) is 7.33. The van der Waals surface area contributed by atoms with Crippen LogP contribution >= 0.6 is 0 Å². The molecule has 0 aromatic heterocycles. The van der Waals surface area contributed by atoms with Gasteiger partial charge in [0.25, 0.3) is 0 Å². The monoisotopic (exact) mass is 432 g/mol. The number of ketones is 1. The minimum atomic E-state index is -1.13. The lowest BCUT2D eigenvalue weighted by Crippen LogP contribution is -2.32. The Bertz CT molecular complexity index is 1150. The van der Waals surface area contributed by atoms with Crippen molar-refractivity contribution in [1.82, 2.24) is 0 Å². The van der Waals surface area contributed by atoms with Gasteiger partial charge in [0, 0.05) is 23.2 Å². The van der Waals surface area contributed by atoms with Gasteiger partial charge in [-0.15, -0.1) is 0 Å². The SMILES string of the molecule is CCOC(=O)c1ccc(NC(=O)CC(C(C)=O)C(=O)Nc2cccc3ccccc23)cc1. The zero-order valence-electron chi connectivity index (χ0n) is 17.9. The van der Waals surface area contributed by atoms with Crippen molar-refractivity contribution < 1.29 is 23.9 Å². The molecule has 1 atom stereocenters. The van der Waals surface area contributed by atoms with Crippen LogP contribution in [0.5, 0.6) is 0 Å². The number of carbonyl (C=O) groups is 4. The molecule has 3 aromatic rings. The minimum absolute atomic E-state index is 0.268. The molecule has 0 spiro atoms. The van der Waals surface area contributed by atoms with E-state index in [1.807, 2.05) is 36.4 Å². The third-order valence-corrected chi connectivity index (χ3v) is 4.92. The Morgan fingerprint density at radius 2 is 1.56 bits per heavy atom. The molecule has 2 amide bonds. The molecule has 2 N–H and O–H groups in total. The van der Waals surface area contributed by atoms with Gasteiger partial charge in [0.1, 0.15) is 11.7 Å². The van der Waals surface area contributed by atoms with E-state index in [1.165, 1.54) is 19.1 Å². The van der Waals surface area contributed by atoms with E-state index in [9.17, 15) is 19.2 Å². The van der Waals surface area contributed by atoms with Crippen molar-refractivity contribution in [3.05, 3.63) is 72.3 Å². The van der Waals surface area contributed by atoms with Crippen molar-refractivity contribution in [2.45, 2.75) is 20.3 Å². The Morgan fingerprint density at radius 3 is 2.25 bits per heavy atom. The maximum Gasteiger partial charge on any atom is 0.338 e. The largest absolute Gasteiger partial charge is 0.462 e. The van der Waals surface area contributed by atoms with E-state index in [2.05, 4.69) is 10.6 Å². The number of nitrogens with one attached hydrogen (secondary N) is 2. The van der Waals surface area contributed by atoms with E-state index in [1.54, 1.807) is 25.1 Å². The smallest absolute Gasteiger partial charge is 0.338 e. The first-order valence-electron chi connectivity index (χ1n) is 10.2. The first-order chi connectivity index (χ1) is 15.4. The highest BCUT2D eigenvalue weighted by molar-refractivity contribution is 6.12. The number of anilines is 2.